The van der Waals surface area contributed by atoms with Crippen molar-refractivity contribution in [3.05, 3.63) is 59.7 Å². The SMILES string of the molecule is CCC.CCC(c1ccc(O)cc1)c1ccc(O)cc1. The third-order valence-corrected chi connectivity index (χ3v) is 3.00. The summed E-state index contributed by atoms with van der Waals surface area (Å²) in [5.41, 5.74) is 2.35. The van der Waals surface area contributed by atoms with Crippen molar-refractivity contribution in [3.63, 3.8) is 0 Å². The minimum absolute atomic E-state index is 0.286. The zero-order valence-electron chi connectivity index (χ0n) is 12.5. The van der Waals surface area contributed by atoms with Gasteiger partial charge in [-0.1, -0.05) is 51.5 Å². The number of aromatic hydroxyl groups is 2. The van der Waals surface area contributed by atoms with Crippen LogP contribution >= 0.6 is 0 Å². The highest BCUT2D eigenvalue weighted by molar-refractivity contribution is 5.37. The molecule has 0 unspecified atom stereocenters. The molecule has 0 heterocycles. The van der Waals surface area contributed by atoms with E-state index in [1.807, 2.05) is 24.3 Å². The van der Waals surface area contributed by atoms with E-state index >= 15 is 0 Å². The molecule has 0 aliphatic rings. The first kappa shape index (κ1) is 16.1. The van der Waals surface area contributed by atoms with Gasteiger partial charge in [-0.05, 0) is 41.8 Å². The van der Waals surface area contributed by atoms with E-state index in [1.165, 1.54) is 17.5 Å². The Kier molecular flexibility index (Phi) is 6.65. The van der Waals surface area contributed by atoms with E-state index in [-0.39, 0.29) is 11.5 Å². The lowest BCUT2D eigenvalue weighted by Gasteiger charge is -2.16. The lowest BCUT2D eigenvalue weighted by molar-refractivity contribution is 0.475. The molecule has 0 atom stereocenters. The van der Waals surface area contributed by atoms with E-state index in [0.717, 1.165) is 6.42 Å². The van der Waals surface area contributed by atoms with Crippen LogP contribution in [0.2, 0.25) is 0 Å². The standard InChI is InChI=1S/C15H16O2.C3H8/c1-2-15(11-3-7-13(16)8-4-11)12-5-9-14(17)10-6-12;1-3-2/h3-10,15-17H,2H2,1H3;3H2,1-2H3. The van der Waals surface area contributed by atoms with Gasteiger partial charge >= 0.3 is 0 Å². The highest BCUT2D eigenvalue weighted by Crippen LogP contribution is 2.29. The van der Waals surface area contributed by atoms with Gasteiger partial charge in [0.25, 0.3) is 0 Å². The van der Waals surface area contributed by atoms with Crippen molar-refractivity contribution in [1.82, 2.24) is 0 Å². The van der Waals surface area contributed by atoms with Gasteiger partial charge in [0, 0.05) is 5.92 Å². The number of phenolic OH excluding ortho intramolecular Hbond substituents is 2. The van der Waals surface area contributed by atoms with E-state index in [0.29, 0.717) is 5.92 Å². The van der Waals surface area contributed by atoms with Crippen LogP contribution in [0.1, 0.15) is 50.7 Å². The van der Waals surface area contributed by atoms with Gasteiger partial charge in [0.2, 0.25) is 0 Å². The molecule has 0 amide bonds. The maximum Gasteiger partial charge on any atom is 0.115 e. The van der Waals surface area contributed by atoms with Crippen LogP contribution in [-0.2, 0) is 0 Å². The molecule has 2 N–H and O–H groups in total. The van der Waals surface area contributed by atoms with Crippen molar-refractivity contribution in [2.24, 2.45) is 0 Å². The molecule has 0 aliphatic heterocycles. The van der Waals surface area contributed by atoms with Crippen molar-refractivity contribution >= 4 is 0 Å². The van der Waals surface area contributed by atoms with Crippen LogP contribution in [0.15, 0.2) is 48.5 Å². The molecule has 0 bridgehead atoms. The Morgan fingerprint density at radius 3 is 1.25 bits per heavy atom. The molecule has 2 rings (SSSR count). The summed E-state index contributed by atoms with van der Waals surface area (Å²) in [5, 5.41) is 18.6. The predicted octanol–water partition coefficient (Wildman–Crippen LogP) is 5.06. The molecule has 2 nitrogen and oxygen atoms in total. The molecule has 0 fully saturated rings. The van der Waals surface area contributed by atoms with E-state index in [9.17, 15) is 10.2 Å². The van der Waals surface area contributed by atoms with Crippen LogP contribution < -0.4 is 0 Å². The van der Waals surface area contributed by atoms with E-state index in [1.54, 1.807) is 24.3 Å². The zero-order chi connectivity index (χ0) is 15.0. The van der Waals surface area contributed by atoms with Gasteiger partial charge in [-0.2, -0.15) is 0 Å². The summed E-state index contributed by atoms with van der Waals surface area (Å²) in [7, 11) is 0. The normalized spacial score (nSPS) is 10.0. The maximum absolute atomic E-state index is 9.29. The molecule has 2 heteroatoms. The van der Waals surface area contributed by atoms with E-state index in [2.05, 4.69) is 20.8 Å². The third-order valence-electron chi connectivity index (χ3n) is 3.00. The van der Waals surface area contributed by atoms with Crippen molar-refractivity contribution in [2.45, 2.75) is 39.5 Å². The number of phenols is 2. The fourth-order valence-corrected chi connectivity index (χ4v) is 2.08. The Labute approximate surface area is 121 Å². The summed E-state index contributed by atoms with van der Waals surface area (Å²) >= 11 is 0. The summed E-state index contributed by atoms with van der Waals surface area (Å²) in [6.45, 7) is 6.38. The lowest BCUT2D eigenvalue weighted by Crippen LogP contribution is -1.98. The molecule has 0 saturated heterocycles. The Morgan fingerprint density at radius 1 is 0.700 bits per heavy atom. The highest BCUT2D eigenvalue weighted by Gasteiger charge is 2.11. The van der Waals surface area contributed by atoms with Gasteiger partial charge in [0.05, 0.1) is 0 Å². The number of benzene rings is 2. The Bertz CT molecular complexity index is 440. The monoisotopic (exact) mass is 272 g/mol. The quantitative estimate of drug-likeness (QED) is 0.820. The molecule has 0 aliphatic carbocycles. The van der Waals surface area contributed by atoms with Crippen molar-refractivity contribution in [3.8, 4) is 11.5 Å². The molecule has 2 aromatic rings. The molecule has 0 radical (unpaired) electrons. The minimum Gasteiger partial charge on any atom is -0.508 e. The summed E-state index contributed by atoms with van der Waals surface area (Å²) in [6, 6.07) is 14.6. The van der Waals surface area contributed by atoms with Crippen LogP contribution in [0.25, 0.3) is 0 Å². The molecule has 20 heavy (non-hydrogen) atoms. The first-order valence-corrected chi connectivity index (χ1v) is 7.20. The smallest absolute Gasteiger partial charge is 0.115 e. The van der Waals surface area contributed by atoms with Crippen LogP contribution in [-0.4, -0.2) is 10.2 Å². The minimum atomic E-state index is 0.286. The largest absolute Gasteiger partial charge is 0.508 e. The van der Waals surface area contributed by atoms with Gasteiger partial charge in [0.15, 0.2) is 0 Å². The van der Waals surface area contributed by atoms with E-state index in [4.69, 9.17) is 0 Å². The summed E-state index contributed by atoms with van der Waals surface area (Å²) in [4.78, 5) is 0. The fraction of sp³-hybridized carbons (Fsp3) is 0.333. The summed E-state index contributed by atoms with van der Waals surface area (Å²) in [5.74, 6) is 0.875. The first-order valence-electron chi connectivity index (χ1n) is 7.20. The highest BCUT2D eigenvalue weighted by atomic mass is 16.3. The number of hydrogen-bond donors (Lipinski definition) is 2. The second-order valence-corrected chi connectivity index (χ2v) is 4.85. The Morgan fingerprint density at radius 2 is 1.00 bits per heavy atom. The summed E-state index contributed by atoms with van der Waals surface area (Å²) in [6.07, 6.45) is 2.23. The van der Waals surface area contributed by atoms with E-state index < -0.39 is 0 Å². The molecular formula is C18H24O2. The molecule has 108 valence electrons. The van der Waals surface area contributed by atoms with Crippen molar-refractivity contribution in [1.29, 1.82) is 0 Å². The fourth-order valence-electron chi connectivity index (χ4n) is 2.08. The van der Waals surface area contributed by atoms with Crippen molar-refractivity contribution < 1.29 is 10.2 Å². The lowest BCUT2D eigenvalue weighted by atomic mass is 9.89. The zero-order valence-corrected chi connectivity index (χ0v) is 12.5. The topological polar surface area (TPSA) is 40.5 Å². The number of rotatable bonds is 3. The van der Waals surface area contributed by atoms with Crippen LogP contribution in [0.3, 0.4) is 0 Å². The van der Waals surface area contributed by atoms with Crippen LogP contribution in [0.5, 0.6) is 11.5 Å². The van der Waals surface area contributed by atoms with Gasteiger partial charge in [-0.3, -0.25) is 0 Å². The molecular weight excluding hydrogens is 248 g/mol. The molecule has 0 spiro atoms. The van der Waals surface area contributed by atoms with Gasteiger partial charge in [-0.15, -0.1) is 0 Å². The molecule has 0 saturated carbocycles. The predicted molar refractivity (Wildman–Crippen MR) is 84.3 cm³/mol. The third kappa shape index (κ3) is 4.61. The van der Waals surface area contributed by atoms with Crippen molar-refractivity contribution in [2.75, 3.05) is 0 Å². The Balaban J connectivity index is 0.000000612. The van der Waals surface area contributed by atoms with Gasteiger partial charge in [0.1, 0.15) is 11.5 Å². The maximum atomic E-state index is 9.29. The molecule has 0 aromatic heterocycles. The summed E-state index contributed by atoms with van der Waals surface area (Å²) < 4.78 is 0. The van der Waals surface area contributed by atoms with Gasteiger partial charge in [-0.25, -0.2) is 0 Å². The second kappa shape index (κ2) is 8.26. The van der Waals surface area contributed by atoms with Crippen LogP contribution in [0.4, 0.5) is 0 Å². The average Bonchev–Trinajstić information content (AvgIpc) is 2.44. The van der Waals surface area contributed by atoms with Crippen LogP contribution in [0, 0.1) is 0 Å². The Hall–Kier alpha value is -1.96. The van der Waals surface area contributed by atoms with Gasteiger partial charge < -0.3 is 10.2 Å². The number of hydrogen-bond acceptors (Lipinski definition) is 2. The first-order chi connectivity index (χ1) is 9.62. The second-order valence-electron chi connectivity index (χ2n) is 4.85. The average molecular weight is 272 g/mol. The molecule has 2 aromatic carbocycles.